The number of likely N-dealkylation sites (N-methyl/N-ethyl adjacent to an activating group) is 1. The first-order valence-corrected chi connectivity index (χ1v) is 8.47. The van der Waals surface area contributed by atoms with Crippen LogP contribution in [0.5, 0.6) is 0 Å². The Kier molecular flexibility index (Phi) is 6.01. The van der Waals surface area contributed by atoms with E-state index in [1.807, 2.05) is 0 Å². The molecule has 1 saturated heterocycles. The van der Waals surface area contributed by atoms with Crippen molar-refractivity contribution in [1.29, 1.82) is 0 Å². The standard InChI is InChI=1S/C15H25N3OS/c1-3-18(4-2)14(12-7-9-20-11-12)10-17-15(19)13-6-5-8-16-13/h7,9,11,13-14,16H,3-6,8,10H2,1-2H3,(H,17,19). The number of nitrogens with one attached hydrogen (secondary N) is 2. The van der Waals surface area contributed by atoms with Gasteiger partial charge in [-0.1, -0.05) is 13.8 Å². The van der Waals surface area contributed by atoms with Gasteiger partial charge in [-0.3, -0.25) is 9.69 Å². The van der Waals surface area contributed by atoms with E-state index >= 15 is 0 Å². The third-order valence-corrected chi connectivity index (χ3v) is 4.73. The summed E-state index contributed by atoms with van der Waals surface area (Å²) in [4.78, 5) is 14.5. The lowest BCUT2D eigenvalue weighted by Gasteiger charge is -2.29. The van der Waals surface area contributed by atoms with Crippen LogP contribution in [0.2, 0.25) is 0 Å². The van der Waals surface area contributed by atoms with Crippen molar-refractivity contribution in [2.45, 2.75) is 38.8 Å². The molecular weight excluding hydrogens is 270 g/mol. The highest BCUT2D eigenvalue weighted by molar-refractivity contribution is 7.07. The van der Waals surface area contributed by atoms with Crippen LogP contribution in [0.4, 0.5) is 0 Å². The Morgan fingerprint density at radius 3 is 2.90 bits per heavy atom. The summed E-state index contributed by atoms with van der Waals surface area (Å²) in [5, 5.41) is 10.7. The minimum atomic E-state index is 0.00910. The molecule has 0 bridgehead atoms. The van der Waals surface area contributed by atoms with Crippen LogP contribution in [0.15, 0.2) is 16.8 Å². The van der Waals surface area contributed by atoms with Crippen LogP contribution in [-0.4, -0.2) is 43.0 Å². The Hall–Kier alpha value is -0.910. The highest BCUT2D eigenvalue weighted by Crippen LogP contribution is 2.22. The van der Waals surface area contributed by atoms with Crippen LogP contribution in [-0.2, 0) is 4.79 Å². The van der Waals surface area contributed by atoms with Crippen LogP contribution in [0, 0.1) is 0 Å². The lowest BCUT2D eigenvalue weighted by Crippen LogP contribution is -2.44. The summed E-state index contributed by atoms with van der Waals surface area (Å²) in [6.07, 6.45) is 2.06. The second-order valence-corrected chi connectivity index (χ2v) is 5.97. The van der Waals surface area contributed by atoms with Crippen molar-refractivity contribution in [3.8, 4) is 0 Å². The second kappa shape index (κ2) is 7.76. The topological polar surface area (TPSA) is 44.4 Å². The fourth-order valence-corrected chi connectivity index (χ4v) is 3.52. The molecule has 2 heterocycles. The van der Waals surface area contributed by atoms with Crippen LogP contribution >= 0.6 is 11.3 Å². The molecule has 2 rings (SSSR count). The molecule has 0 aliphatic carbocycles. The summed E-state index contributed by atoms with van der Waals surface area (Å²) < 4.78 is 0. The van der Waals surface area contributed by atoms with Gasteiger partial charge in [-0.2, -0.15) is 11.3 Å². The smallest absolute Gasteiger partial charge is 0.237 e. The molecule has 1 aliphatic rings. The summed E-state index contributed by atoms with van der Waals surface area (Å²) >= 11 is 1.71. The summed E-state index contributed by atoms with van der Waals surface area (Å²) in [6.45, 7) is 7.98. The normalized spacial score (nSPS) is 20.2. The molecule has 0 saturated carbocycles. The number of carbonyl (C=O) groups excluding carboxylic acids is 1. The molecule has 1 aromatic rings. The first-order valence-electron chi connectivity index (χ1n) is 7.53. The molecule has 2 atom stereocenters. The SMILES string of the molecule is CCN(CC)C(CNC(=O)C1CCCN1)c1ccsc1. The largest absolute Gasteiger partial charge is 0.353 e. The van der Waals surface area contributed by atoms with E-state index in [-0.39, 0.29) is 18.0 Å². The first-order chi connectivity index (χ1) is 9.76. The lowest BCUT2D eigenvalue weighted by molar-refractivity contribution is -0.123. The molecule has 5 heteroatoms. The quantitative estimate of drug-likeness (QED) is 0.809. The number of nitrogens with zero attached hydrogens (tertiary/aromatic N) is 1. The number of amides is 1. The molecule has 0 aromatic carbocycles. The Morgan fingerprint density at radius 2 is 2.35 bits per heavy atom. The molecule has 1 amide bonds. The van der Waals surface area contributed by atoms with Gasteiger partial charge in [-0.25, -0.2) is 0 Å². The van der Waals surface area contributed by atoms with E-state index < -0.39 is 0 Å². The Balaban J connectivity index is 1.95. The minimum absolute atomic E-state index is 0.00910. The van der Waals surface area contributed by atoms with Gasteiger partial charge < -0.3 is 10.6 Å². The van der Waals surface area contributed by atoms with Crippen LogP contribution in [0.1, 0.15) is 38.3 Å². The van der Waals surface area contributed by atoms with Crippen molar-refractivity contribution in [2.24, 2.45) is 0 Å². The molecule has 4 nitrogen and oxygen atoms in total. The Bertz CT molecular complexity index is 397. The average Bonchev–Trinajstić information content (AvgIpc) is 3.15. The third-order valence-electron chi connectivity index (χ3n) is 4.03. The van der Waals surface area contributed by atoms with Gasteiger partial charge in [0.2, 0.25) is 5.91 Å². The summed E-state index contributed by atoms with van der Waals surface area (Å²) in [5.41, 5.74) is 1.30. The molecule has 112 valence electrons. The van der Waals surface area contributed by atoms with Crippen LogP contribution < -0.4 is 10.6 Å². The van der Waals surface area contributed by atoms with Gasteiger partial charge >= 0.3 is 0 Å². The number of thiophene rings is 1. The van der Waals surface area contributed by atoms with E-state index in [0.29, 0.717) is 6.54 Å². The second-order valence-electron chi connectivity index (χ2n) is 5.19. The number of carbonyl (C=O) groups is 1. The van der Waals surface area contributed by atoms with Crippen molar-refractivity contribution in [3.05, 3.63) is 22.4 Å². The van der Waals surface area contributed by atoms with Gasteiger partial charge in [0.05, 0.1) is 12.1 Å². The van der Waals surface area contributed by atoms with Crippen molar-refractivity contribution in [1.82, 2.24) is 15.5 Å². The zero-order valence-corrected chi connectivity index (χ0v) is 13.2. The number of hydrogen-bond acceptors (Lipinski definition) is 4. The average molecular weight is 295 g/mol. The van der Waals surface area contributed by atoms with Gasteiger partial charge in [0.1, 0.15) is 0 Å². The van der Waals surface area contributed by atoms with Crippen LogP contribution in [0.3, 0.4) is 0 Å². The highest BCUT2D eigenvalue weighted by Gasteiger charge is 2.24. The number of hydrogen-bond donors (Lipinski definition) is 2. The van der Waals surface area contributed by atoms with Crippen molar-refractivity contribution >= 4 is 17.2 Å². The molecule has 20 heavy (non-hydrogen) atoms. The maximum Gasteiger partial charge on any atom is 0.237 e. The predicted molar refractivity (Wildman–Crippen MR) is 84.0 cm³/mol. The Labute approximate surface area is 125 Å². The molecule has 0 spiro atoms. The number of rotatable bonds is 7. The molecule has 1 fully saturated rings. The van der Waals surface area contributed by atoms with E-state index in [1.54, 1.807) is 11.3 Å². The van der Waals surface area contributed by atoms with Crippen LogP contribution in [0.25, 0.3) is 0 Å². The zero-order valence-electron chi connectivity index (χ0n) is 12.4. The molecule has 1 aliphatic heterocycles. The van der Waals surface area contributed by atoms with E-state index in [9.17, 15) is 4.79 Å². The first kappa shape index (κ1) is 15.5. The molecule has 2 N–H and O–H groups in total. The van der Waals surface area contributed by atoms with Gasteiger partial charge in [-0.05, 0) is 54.9 Å². The predicted octanol–water partition coefficient (Wildman–Crippen LogP) is 2.00. The summed E-state index contributed by atoms with van der Waals surface area (Å²) in [7, 11) is 0. The van der Waals surface area contributed by atoms with Gasteiger partial charge in [-0.15, -0.1) is 0 Å². The highest BCUT2D eigenvalue weighted by atomic mass is 32.1. The summed E-state index contributed by atoms with van der Waals surface area (Å²) in [5.74, 6) is 0.148. The summed E-state index contributed by atoms with van der Waals surface area (Å²) in [6, 6.07) is 2.45. The van der Waals surface area contributed by atoms with Gasteiger partial charge in [0.25, 0.3) is 0 Å². The van der Waals surface area contributed by atoms with Crippen molar-refractivity contribution in [2.75, 3.05) is 26.2 Å². The Morgan fingerprint density at radius 1 is 1.55 bits per heavy atom. The van der Waals surface area contributed by atoms with Crippen molar-refractivity contribution < 1.29 is 4.79 Å². The molecule has 2 unspecified atom stereocenters. The van der Waals surface area contributed by atoms with E-state index in [2.05, 4.69) is 46.2 Å². The third kappa shape index (κ3) is 3.81. The fourth-order valence-electron chi connectivity index (χ4n) is 2.82. The maximum atomic E-state index is 12.1. The molecule has 0 radical (unpaired) electrons. The minimum Gasteiger partial charge on any atom is -0.353 e. The molecule has 1 aromatic heterocycles. The fraction of sp³-hybridized carbons (Fsp3) is 0.667. The maximum absolute atomic E-state index is 12.1. The van der Waals surface area contributed by atoms with E-state index in [4.69, 9.17) is 0 Å². The molecular formula is C15H25N3OS. The van der Waals surface area contributed by atoms with Gasteiger partial charge in [0.15, 0.2) is 0 Å². The van der Waals surface area contributed by atoms with E-state index in [0.717, 1.165) is 32.5 Å². The van der Waals surface area contributed by atoms with E-state index in [1.165, 1.54) is 5.56 Å². The monoisotopic (exact) mass is 295 g/mol. The van der Waals surface area contributed by atoms with Gasteiger partial charge in [0, 0.05) is 6.54 Å². The zero-order chi connectivity index (χ0) is 14.4. The van der Waals surface area contributed by atoms with Crippen molar-refractivity contribution in [3.63, 3.8) is 0 Å². The lowest BCUT2D eigenvalue weighted by atomic mass is 10.1.